The minimum absolute atomic E-state index is 0.0736. The molecule has 1 aromatic heterocycles. The first-order valence-electron chi connectivity index (χ1n) is 5.74. The second-order valence-corrected chi connectivity index (χ2v) is 3.79. The largest absolute Gasteiger partial charge is 0.316 e. The molecule has 0 aliphatic carbocycles. The van der Waals surface area contributed by atoms with Gasteiger partial charge in [0.15, 0.2) is 0 Å². The molecule has 0 bridgehead atoms. The minimum atomic E-state index is 0.0736. The van der Waals surface area contributed by atoms with Gasteiger partial charge in [0.1, 0.15) is 0 Å². The van der Waals surface area contributed by atoms with Gasteiger partial charge in [0.05, 0.1) is 0 Å². The Kier molecular flexibility index (Phi) is 5.34. The van der Waals surface area contributed by atoms with Gasteiger partial charge < -0.3 is 4.57 Å². The van der Waals surface area contributed by atoms with Gasteiger partial charge >= 0.3 is 0 Å². The van der Waals surface area contributed by atoms with Crippen LogP contribution in [0, 0.1) is 0 Å². The molecule has 86 valence electrons. The van der Waals surface area contributed by atoms with E-state index in [1.165, 1.54) is 0 Å². The molecule has 0 saturated heterocycles. The summed E-state index contributed by atoms with van der Waals surface area (Å²) in [4.78, 5) is 11.4. The highest BCUT2D eigenvalue weighted by atomic mass is 16.1. The number of unbranched alkanes of at least 4 members (excludes halogenated alkanes) is 1. The van der Waals surface area contributed by atoms with Gasteiger partial charge in [-0.3, -0.25) is 4.79 Å². The van der Waals surface area contributed by atoms with Crippen LogP contribution in [0.15, 0.2) is 53.5 Å². The molecule has 0 spiro atoms. The first kappa shape index (κ1) is 12.5. The maximum atomic E-state index is 11.4. The van der Waals surface area contributed by atoms with Crippen LogP contribution >= 0.6 is 0 Å². The Morgan fingerprint density at radius 1 is 1.50 bits per heavy atom. The molecular weight excluding hydrogens is 198 g/mol. The Labute approximate surface area is 96.9 Å². The van der Waals surface area contributed by atoms with Gasteiger partial charge in [0, 0.05) is 18.8 Å². The maximum Gasteiger partial charge on any atom is 0.250 e. The lowest BCUT2D eigenvalue weighted by Gasteiger charge is -2.02. The summed E-state index contributed by atoms with van der Waals surface area (Å²) in [5.41, 5.74) is 1.22. The number of hydrogen-bond acceptors (Lipinski definition) is 1. The molecule has 0 radical (unpaired) electrons. The van der Waals surface area contributed by atoms with Crippen molar-refractivity contribution in [1.29, 1.82) is 0 Å². The predicted molar refractivity (Wildman–Crippen MR) is 68.5 cm³/mol. The molecule has 2 heteroatoms. The highest BCUT2D eigenvalue weighted by Crippen LogP contribution is 2.01. The summed E-state index contributed by atoms with van der Waals surface area (Å²) in [7, 11) is 0. The fraction of sp³-hybridized carbons (Fsp3) is 0.357. The van der Waals surface area contributed by atoms with E-state index in [0.717, 1.165) is 31.4 Å². The van der Waals surface area contributed by atoms with E-state index in [2.05, 4.69) is 25.7 Å². The summed E-state index contributed by atoms with van der Waals surface area (Å²) < 4.78 is 1.74. The van der Waals surface area contributed by atoms with Gasteiger partial charge in [-0.15, -0.1) is 0 Å². The quantitative estimate of drug-likeness (QED) is 0.530. The number of rotatable bonds is 6. The maximum absolute atomic E-state index is 11.4. The van der Waals surface area contributed by atoms with Gasteiger partial charge in [0.25, 0.3) is 0 Å². The molecule has 0 N–H and O–H groups in total. The van der Waals surface area contributed by atoms with E-state index in [0.29, 0.717) is 0 Å². The van der Waals surface area contributed by atoms with Gasteiger partial charge in [-0.25, -0.2) is 0 Å². The van der Waals surface area contributed by atoms with Crippen molar-refractivity contribution < 1.29 is 0 Å². The molecule has 1 aromatic rings. The standard InChI is InChI=1S/C14H19NO/c1-3-13(2)9-5-4-7-11-15-12-8-6-10-14(15)16/h5-6,8-10,12H,2-4,7,11H2,1H3/b9-5-. The molecule has 2 nitrogen and oxygen atoms in total. The van der Waals surface area contributed by atoms with Crippen LogP contribution in [0.3, 0.4) is 0 Å². The minimum Gasteiger partial charge on any atom is -0.316 e. The van der Waals surface area contributed by atoms with E-state index < -0.39 is 0 Å². The first-order chi connectivity index (χ1) is 7.74. The summed E-state index contributed by atoms with van der Waals surface area (Å²) >= 11 is 0. The Morgan fingerprint density at radius 3 is 3.00 bits per heavy atom. The van der Waals surface area contributed by atoms with Crippen molar-refractivity contribution in [2.45, 2.75) is 32.7 Å². The van der Waals surface area contributed by atoms with Crippen LogP contribution < -0.4 is 5.56 Å². The fourth-order valence-corrected chi connectivity index (χ4v) is 1.39. The topological polar surface area (TPSA) is 22.0 Å². The zero-order chi connectivity index (χ0) is 11.8. The van der Waals surface area contributed by atoms with Crippen molar-refractivity contribution in [3.05, 3.63) is 59.1 Å². The van der Waals surface area contributed by atoms with E-state index in [9.17, 15) is 4.79 Å². The normalized spacial score (nSPS) is 10.8. The Bertz CT molecular complexity index is 415. The summed E-state index contributed by atoms with van der Waals surface area (Å²) in [6.07, 6.45) is 8.98. The van der Waals surface area contributed by atoms with E-state index in [-0.39, 0.29) is 5.56 Å². The Morgan fingerprint density at radius 2 is 2.31 bits per heavy atom. The van der Waals surface area contributed by atoms with Gasteiger partial charge in [-0.2, -0.15) is 0 Å². The van der Waals surface area contributed by atoms with Gasteiger partial charge in [-0.1, -0.05) is 37.3 Å². The van der Waals surface area contributed by atoms with Crippen molar-refractivity contribution >= 4 is 0 Å². The summed E-state index contributed by atoms with van der Waals surface area (Å²) in [6.45, 7) is 6.77. The Balaban J connectivity index is 2.32. The fourth-order valence-electron chi connectivity index (χ4n) is 1.39. The van der Waals surface area contributed by atoms with Crippen LogP contribution in [-0.4, -0.2) is 4.57 Å². The molecule has 0 aromatic carbocycles. The molecule has 0 amide bonds. The van der Waals surface area contributed by atoms with E-state index in [1.807, 2.05) is 12.3 Å². The summed E-state index contributed by atoms with van der Waals surface area (Å²) in [5.74, 6) is 0. The van der Waals surface area contributed by atoms with E-state index in [1.54, 1.807) is 16.7 Å². The van der Waals surface area contributed by atoms with Crippen molar-refractivity contribution in [3.8, 4) is 0 Å². The molecule has 0 fully saturated rings. The third kappa shape index (κ3) is 4.30. The molecule has 0 aliphatic rings. The molecule has 1 heterocycles. The number of nitrogens with zero attached hydrogens (tertiary/aromatic N) is 1. The van der Waals surface area contributed by atoms with Crippen molar-refractivity contribution in [2.75, 3.05) is 0 Å². The average molecular weight is 217 g/mol. The number of pyridine rings is 1. The third-order valence-corrected chi connectivity index (χ3v) is 2.48. The Hall–Kier alpha value is -1.57. The highest BCUT2D eigenvalue weighted by molar-refractivity contribution is 5.13. The van der Waals surface area contributed by atoms with Crippen LogP contribution in [-0.2, 0) is 6.54 Å². The van der Waals surface area contributed by atoms with Crippen LogP contribution in [0.2, 0.25) is 0 Å². The average Bonchev–Trinajstić information content (AvgIpc) is 2.30. The van der Waals surface area contributed by atoms with Crippen molar-refractivity contribution in [3.63, 3.8) is 0 Å². The molecule has 1 rings (SSSR count). The molecule has 0 saturated carbocycles. The van der Waals surface area contributed by atoms with E-state index >= 15 is 0 Å². The van der Waals surface area contributed by atoms with E-state index in [4.69, 9.17) is 0 Å². The van der Waals surface area contributed by atoms with Gasteiger partial charge in [0.2, 0.25) is 5.56 Å². The van der Waals surface area contributed by atoms with Crippen LogP contribution in [0.4, 0.5) is 0 Å². The number of hydrogen-bond donors (Lipinski definition) is 0. The summed E-state index contributed by atoms with van der Waals surface area (Å²) in [6, 6.07) is 5.24. The zero-order valence-electron chi connectivity index (χ0n) is 9.86. The SMILES string of the molecule is C=C(/C=C\CCCn1ccccc1=O)CC. The lowest BCUT2D eigenvalue weighted by atomic mass is 10.2. The van der Waals surface area contributed by atoms with Crippen molar-refractivity contribution in [2.24, 2.45) is 0 Å². The number of aryl methyl sites for hydroxylation is 1. The molecule has 0 unspecified atom stereocenters. The molecule has 0 atom stereocenters. The number of allylic oxidation sites excluding steroid dienone is 3. The van der Waals surface area contributed by atoms with Crippen LogP contribution in [0.5, 0.6) is 0 Å². The lowest BCUT2D eigenvalue weighted by molar-refractivity contribution is 0.629. The second-order valence-electron chi connectivity index (χ2n) is 3.79. The smallest absolute Gasteiger partial charge is 0.250 e. The van der Waals surface area contributed by atoms with Crippen molar-refractivity contribution in [1.82, 2.24) is 4.57 Å². The van der Waals surface area contributed by atoms with Crippen LogP contribution in [0.25, 0.3) is 0 Å². The lowest BCUT2D eigenvalue weighted by Crippen LogP contribution is -2.17. The third-order valence-electron chi connectivity index (χ3n) is 2.48. The van der Waals surface area contributed by atoms with Gasteiger partial charge in [-0.05, 0) is 25.3 Å². The summed E-state index contributed by atoms with van der Waals surface area (Å²) in [5, 5.41) is 0. The first-order valence-corrected chi connectivity index (χ1v) is 5.74. The zero-order valence-corrected chi connectivity index (χ0v) is 9.86. The molecule has 0 aliphatic heterocycles. The monoisotopic (exact) mass is 217 g/mol. The second kappa shape index (κ2) is 6.83. The number of aromatic nitrogens is 1. The molecule has 16 heavy (non-hydrogen) atoms. The predicted octanol–water partition coefficient (Wildman–Crippen LogP) is 3.15. The van der Waals surface area contributed by atoms with Crippen LogP contribution in [0.1, 0.15) is 26.2 Å². The highest BCUT2D eigenvalue weighted by Gasteiger charge is 1.92. The molecular formula is C14H19NO.